The second kappa shape index (κ2) is 9.62. The van der Waals surface area contributed by atoms with Gasteiger partial charge in [0, 0.05) is 25.2 Å². The van der Waals surface area contributed by atoms with Crippen molar-refractivity contribution in [2.75, 3.05) is 26.8 Å². The summed E-state index contributed by atoms with van der Waals surface area (Å²) in [6.45, 7) is 1.32. The predicted molar refractivity (Wildman–Crippen MR) is 107 cm³/mol. The number of methoxy groups -OCH3 is 1. The van der Waals surface area contributed by atoms with Gasteiger partial charge in [0.1, 0.15) is 5.82 Å². The van der Waals surface area contributed by atoms with Gasteiger partial charge in [0.25, 0.3) is 0 Å². The lowest BCUT2D eigenvalue weighted by Gasteiger charge is -2.29. The number of hydrogen-bond acceptors (Lipinski definition) is 4. The van der Waals surface area contributed by atoms with Gasteiger partial charge in [0.15, 0.2) is 0 Å². The molecule has 0 amide bonds. The summed E-state index contributed by atoms with van der Waals surface area (Å²) < 4.78 is 18.6. The fourth-order valence-corrected chi connectivity index (χ4v) is 3.85. The Balaban J connectivity index is 1.73. The minimum absolute atomic E-state index is 0.0725. The molecular weight excluding hydrogens is 357 g/mol. The average molecular weight is 383 g/mol. The van der Waals surface area contributed by atoms with Crippen LogP contribution in [0.15, 0.2) is 48.5 Å². The molecule has 28 heavy (non-hydrogen) atoms. The monoisotopic (exact) mass is 383 g/mol. The molecule has 3 rings (SSSR count). The molecule has 0 radical (unpaired) electrons. The van der Waals surface area contributed by atoms with Crippen LogP contribution in [0.5, 0.6) is 0 Å². The van der Waals surface area contributed by atoms with Crippen LogP contribution in [0.25, 0.3) is 6.08 Å². The minimum atomic E-state index is -0.374. The van der Waals surface area contributed by atoms with Gasteiger partial charge in [-0.05, 0) is 53.7 Å². The maximum Gasteiger partial charge on any atom is 0.330 e. The van der Waals surface area contributed by atoms with E-state index in [1.54, 1.807) is 12.1 Å². The molecule has 0 aliphatic heterocycles. The summed E-state index contributed by atoms with van der Waals surface area (Å²) in [6, 6.07) is 13.2. The Labute approximate surface area is 165 Å². The van der Waals surface area contributed by atoms with Gasteiger partial charge in [0.2, 0.25) is 0 Å². The number of esters is 1. The van der Waals surface area contributed by atoms with Crippen LogP contribution in [-0.4, -0.2) is 42.8 Å². The zero-order valence-electron chi connectivity index (χ0n) is 16.1. The Morgan fingerprint density at radius 1 is 1.29 bits per heavy atom. The first-order chi connectivity index (χ1) is 13.6. The van der Waals surface area contributed by atoms with Crippen molar-refractivity contribution >= 4 is 12.0 Å². The molecule has 2 aromatic carbocycles. The molecule has 1 aliphatic carbocycles. The predicted octanol–water partition coefficient (Wildman–Crippen LogP) is 3.54. The van der Waals surface area contributed by atoms with Gasteiger partial charge in [-0.3, -0.25) is 4.90 Å². The molecule has 1 unspecified atom stereocenters. The van der Waals surface area contributed by atoms with E-state index >= 15 is 0 Å². The number of aliphatic hydroxyl groups excluding tert-OH is 1. The van der Waals surface area contributed by atoms with E-state index in [1.807, 2.05) is 18.2 Å². The third kappa shape index (κ3) is 4.86. The van der Waals surface area contributed by atoms with Gasteiger partial charge in [0.05, 0.1) is 13.7 Å². The van der Waals surface area contributed by atoms with Crippen molar-refractivity contribution in [3.63, 3.8) is 0 Å². The highest BCUT2D eigenvalue weighted by Crippen LogP contribution is 2.36. The number of halogens is 1. The number of rotatable bonds is 8. The summed E-state index contributed by atoms with van der Waals surface area (Å²) in [5, 5.41) is 9.52. The topological polar surface area (TPSA) is 49.8 Å². The quantitative estimate of drug-likeness (QED) is 0.560. The summed E-state index contributed by atoms with van der Waals surface area (Å²) in [6.07, 6.45) is 5.69. The molecule has 4 nitrogen and oxygen atoms in total. The maximum atomic E-state index is 13.9. The standard InChI is InChI=1S/C23H26FNO3/c1-28-23(27)11-7-17-6-9-20-19(16-17)8-10-22(20)25(14-15-26)13-12-18-4-2-3-5-21(18)24/h2-7,9,11,16,22,26H,8,10,12-15H2,1H3/b11-7+. The van der Waals surface area contributed by atoms with E-state index in [-0.39, 0.29) is 24.4 Å². The highest BCUT2D eigenvalue weighted by atomic mass is 19.1. The molecule has 5 heteroatoms. The largest absolute Gasteiger partial charge is 0.466 e. The molecule has 0 aromatic heterocycles. The molecule has 0 heterocycles. The van der Waals surface area contributed by atoms with E-state index in [1.165, 1.54) is 30.4 Å². The summed E-state index contributed by atoms with van der Waals surface area (Å²) in [4.78, 5) is 13.5. The van der Waals surface area contributed by atoms with Crippen LogP contribution < -0.4 is 0 Å². The SMILES string of the molecule is COC(=O)/C=C/c1ccc2c(c1)CCC2N(CCO)CCc1ccccc1F. The highest BCUT2D eigenvalue weighted by molar-refractivity contribution is 5.86. The fourth-order valence-electron chi connectivity index (χ4n) is 3.85. The lowest BCUT2D eigenvalue weighted by molar-refractivity contribution is -0.134. The molecule has 0 saturated heterocycles. The van der Waals surface area contributed by atoms with Crippen LogP contribution in [0.3, 0.4) is 0 Å². The van der Waals surface area contributed by atoms with Gasteiger partial charge in [-0.15, -0.1) is 0 Å². The van der Waals surface area contributed by atoms with Gasteiger partial charge < -0.3 is 9.84 Å². The summed E-state index contributed by atoms with van der Waals surface area (Å²) in [5.41, 5.74) is 4.17. The van der Waals surface area contributed by atoms with Gasteiger partial charge in [-0.1, -0.05) is 36.4 Å². The number of ether oxygens (including phenoxy) is 1. The molecule has 0 bridgehead atoms. The molecule has 2 aromatic rings. The number of benzene rings is 2. The van der Waals surface area contributed by atoms with Crippen LogP contribution in [0.2, 0.25) is 0 Å². The van der Waals surface area contributed by atoms with Crippen LogP contribution in [-0.2, 0) is 22.4 Å². The van der Waals surface area contributed by atoms with E-state index in [0.717, 1.165) is 18.4 Å². The molecule has 0 spiro atoms. The summed E-state index contributed by atoms with van der Waals surface area (Å²) >= 11 is 0. The van der Waals surface area contributed by atoms with Crippen molar-refractivity contribution in [3.05, 3.63) is 76.6 Å². The lowest BCUT2D eigenvalue weighted by atomic mass is 10.0. The number of fused-ring (bicyclic) bond motifs is 1. The van der Waals surface area contributed by atoms with Crippen molar-refractivity contribution in [2.45, 2.75) is 25.3 Å². The third-order valence-corrected chi connectivity index (χ3v) is 5.28. The van der Waals surface area contributed by atoms with Crippen molar-refractivity contribution in [1.29, 1.82) is 0 Å². The van der Waals surface area contributed by atoms with Crippen LogP contribution in [0.1, 0.15) is 34.7 Å². The number of carbonyl (C=O) groups is 1. The normalized spacial score (nSPS) is 15.9. The van der Waals surface area contributed by atoms with E-state index in [0.29, 0.717) is 25.1 Å². The highest BCUT2D eigenvalue weighted by Gasteiger charge is 2.27. The van der Waals surface area contributed by atoms with Crippen LogP contribution in [0.4, 0.5) is 4.39 Å². The second-order valence-corrected chi connectivity index (χ2v) is 6.97. The van der Waals surface area contributed by atoms with Crippen molar-refractivity contribution < 1.29 is 19.0 Å². The zero-order valence-corrected chi connectivity index (χ0v) is 16.1. The summed E-state index contributed by atoms with van der Waals surface area (Å²) in [5.74, 6) is -0.555. The zero-order chi connectivity index (χ0) is 19.9. The Kier molecular flexibility index (Phi) is 6.95. The number of aliphatic hydroxyl groups is 1. The van der Waals surface area contributed by atoms with Crippen molar-refractivity contribution in [2.24, 2.45) is 0 Å². The van der Waals surface area contributed by atoms with Gasteiger partial charge in [-0.2, -0.15) is 0 Å². The van der Waals surface area contributed by atoms with Gasteiger partial charge in [-0.25, -0.2) is 9.18 Å². The smallest absolute Gasteiger partial charge is 0.330 e. The Morgan fingerprint density at radius 3 is 2.86 bits per heavy atom. The van der Waals surface area contributed by atoms with Crippen molar-refractivity contribution in [3.8, 4) is 0 Å². The number of aryl methyl sites for hydroxylation is 1. The van der Waals surface area contributed by atoms with Crippen molar-refractivity contribution in [1.82, 2.24) is 4.90 Å². The first-order valence-corrected chi connectivity index (χ1v) is 9.59. The first-order valence-electron chi connectivity index (χ1n) is 9.59. The first kappa shape index (κ1) is 20.2. The number of hydrogen-bond donors (Lipinski definition) is 1. The third-order valence-electron chi connectivity index (χ3n) is 5.28. The molecule has 1 atom stereocenters. The van der Waals surface area contributed by atoms with E-state index in [9.17, 15) is 14.3 Å². The molecule has 0 fully saturated rings. The lowest BCUT2D eigenvalue weighted by Crippen LogP contribution is -2.32. The maximum absolute atomic E-state index is 13.9. The summed E-state index contributed by atoms with van der Waals surface area (Å²) in [7, 11) is 1.36. The van der Waals surface area contributed by atoms with Gasteiger partial charge >= 0.3 is 5.97 Å². The molecule has 148 valence electrons. The Bertz CT molecular complexity index is 849. The second-order valence-electron chi connectivity index (χ2n) is 6.97. The van der Waals surface area contributed by atoms with E-state index in [2.05, 4.69) is 21.8 Å². The fraction of sp³-hybridized carbons (Fsp3) is 0.348. The molecule has 1 N–H and O–H groups in total. The van der Waals surface area contributed by atoms with Crippen LogP contribution in [0, 0.1) is 5.82 Å². The minimum Gasteiger partial charge on any atom is -0.466 e. The number of nitrogens with zero attached hydrogens (tertiary/aromatic N) is 1. The molecule has 0 saturated carbocycles. The van der Waals surface area contributed by atoms with E-state index < -0.39 is 0 Å². The molecular formula is C23H26FNO3. The number of carbonyl (C=O) groups excluding carboxylic acids is 1. The molecule has 1 aliphatic rings. The van der Waals surface area contributed by atoms with Crippen LogP contribution >= 0.6 is 0 Å². The Hall–Kier alpha value is -2.50. The van der Waals surface area contributed by atoms with E-state index in [4.69, 9.17) is 0 Å². The Morgan fingerprint density at radius 2 is 2.11 bits per heavy atom. The average Bonchev–Trinajstić information content (AvgIpc) is 3.13.